The second-order valence-electron chi connectivity index (χ2n) is 7.80. The van der Waals surface area contributed by atoms with Crippen LogP contribution in [0.5, 0.6) is 0 Å². The molecular formula is C18H30S3. The fraction of sp³-hybridized carbons (Fsp3) is 1.00. The molecule has 2 saturated carbocycles. The lowest BCUT2D eigenvalue weighted by Gasteiger charge is -2.34. The average molecular weight is 343 g/mol. The molecular weight excluding hydrogens is 312 g/mol. The third-order valence-electron chi connectivity index (χ3n) is 5.97. The summed E-state index contributed by atoms with van der Waals surface area (Å²) in [6.45, 7) is 0. The molecule has 4 rings (SSSR count). The van der Waals surface area contributed by atoms with E-state index in [1.807, 2.05) is 0 Å². The quantitative estimate of drug-likeness (QED) is 0.556. The first-order valence-electron chi connectivity index (χ1n) is 9.24. The van der Waals surface area contributed by atoms with Crippen molar-refractivity contribution in [2.75, 3.05) is 11.5 Å². The first-order valence-corrected chi connectivity index (χ1v) is 12.3. The van der Waals surface area contributed by atoms with E-state index >= 15 is 0 Å². The fourth-order valence-electron chi connectivity index (χ4n) is 4.43. The zero-order valence-electron chi connectivity index (χ0n) is 13.2. The van der Waals surface area contributed by atoms with E-state index in [1.165, 1.54) is 37.2 Å². The average Bonchev–Trinajstić information content (AvgIpc) is 3.40. The second-order valence-corrected chi connectivity index (χ2v) is 12.1. The number of hydrogen-bond donors (Lipinski definition) is 0. The molecule has 4 fully saturated rings. The van der Waals surface area contributed by atoms with Crippen molar-refractivity contribution in [3.8, 4) is 0 Å². The maximum absolute atomic E-state index is 2.40. The molecule has 0 N–H and O–H groups in total. The molecule has 0 amide bonds. The lowest BCUT2D eigenvalue weighted by molar-refractivity contribution is 0.340. The van der Waals surface area contributed by atoms with Crippen LogP contribution in [0.1, 0.15) is 64.2 Å². The summed E-state index contributed by atoms with van der Waals surface area (Å²) < 4.78 is 0. The normalized spacial score (nSPS) is 46.3. The van der Waals surface area contributed by atoms with E-state index in [0.717, 1.165) is 32.8 Å². The van der Waals surface area contributed by atoms with Gasteiger partial charge in [-0.2, -0.15) is 35.3 Å². The van der Waals surface area contributed by atoms with Crippen LogP contribution in [-0.2, 0) is 0 Å². The van der Waals surface area contributed by atoms with Crippen molar-refractivity contribution < 1.29 is 0 Å². The van der Waals surface area contributed by atoms with Crippen molar-refractivity contribution in [3.05, 3.63) is 0 Å². The van der Waals surface area contributed by atoms with Gasteiger partial charge in [0.15, 0.2) is 0 Å². The van der Waals surface area contributed by atoms with Crippen LogP contribution >= 0.6 is 35.3 Å². The molecule has 0 aromatic carbocycles. The molecule has 120 valence electrons. The monoisotopic (exact) mass is 342 g/mol. The number of thioether (sulfide) groups is 3. The summed E-state index contributed by atoms with van der Waals surface area (Å²) in [5.74, 6) is 5.12. The zero-order valence-corrected chi connectivity index (χ0v) is 15.6. The van der Waals surface area contributed by atoms with Gasteiger partial charge in [-0.05, 0) is 76.0 Å². The standard InChI is InChI=1S/C18H30S3/c1-5-15(6-2-13(1)9-17-11-19-17)21-16-7-3-14(4-8-16)10-18-12-20-18/h13-18H,1-12H2. The Labute approximate surface area is 143 Å². The van der Waals surface area contributed by atoms with Crippen LogP contribution in [0.25, 0.3) is 0 Å². The molecule has 0 aromatic rings. The van der Waals surface area contributed by atoms with Crippen molar-refractivity contribution in [3.63, 3.8) is 0 Å². The number of hydrogen-bond acceptors (Lipinski definition) is 3. The summed E-state index contributed by atoms with van der Waals surface area (Å²) in [5.41, 5.74) is 0. The maximum Gasteiger partial charge on any atom is 0.0141 e. The van der Waals surface area contributed by atoms with Crippen LogP contribution < -0.4 is 0 Å². The van der Waals surface area contributed by atoms with Crippen molar-refractivity contribution in [2.24, 2.45) is 11.8 Å². The highest BCUT2D eigenvalue weighted by Crippen LogP contribution is 2.45. The van der Waals surface area contributed by atoms with Gasteiger partial charge in [0.05, 0.1) is 0 Å². The molecule has 0 bridgehead atoms. The Bertz CT molecular complexity index is 289. The lowest BCUT2D eigenvalue weighted by Crippen LogP contribution is -2.23. The highest BCUT2D eigenvalue weighted by atomic mass is 32.2. The molecule has 21 heavy (non-hydrogen) atoms. The first kappa shape index (κ1) is 15.6. The third-order valence-corrected chi connectivity index (χ3v) is 9.68. The SMILES string of the molecule is C1CC(SC2CCC(CC3CS3)CC2)CCC1CC1CS1. The zero-order chi connectivity index (χ0) is 14.1. The van der Waals surface area contributed by atoms with Crippen molar-refractivity contribution in [1.29, 1.82) is 0 Å². The summed E-state index contributed by atoms with van der Waals surface area (Å²) in [7, 11) is 0. The summed E-state index contributed by atoms with van der Waals surface area (Å²) in [4.78, 5) is 0. The van der Waals surface area contributed by atoms with Crippen LogP contribution in [-0.4, -0.2) is 32.5 Å². The van der Waals surface area contributed by atoms with Gasteiger partial charge in [-0.15, -0.1) is 0 Å². The molecule has 4 aliphatic rings. The smallest absolute Gasteiger partial charge is 0.0141 e. The summed E-state index contributed by atoms with van der Waals surface area (Å²) in [6.07, 6.45) is 15.4. The summed E-state index contributed by atoms with van der Waals surface area (Å²) in [6, 6.07) is 0. The van der Waals surface area contributed by atoms with Crippen molar-refractivity contribution in [1.82, 2.24) is 0 Å². The van der Waals surface area contributed by atoms with Gasteiger partial charge in [0.2, 0.25) is 0 Å². The summed E-state index contributed by atoms with van der Waals surface area (Å²) >= 11 is 6.79. The van der Waals surface area contributed by atoms with Crippen LogP contribution in [0.4, 0.5) is 0 Å². The molecule has 3 heteroatoms. The Kier molecular flexibility index (Phi) is 5.41. The Morgan fingerprint density at radius 2 is 1.00 bits per heavy atom. The molecule has 2 aliphatic heterocycles. The van der Waals surface area contributed by atoms with Gasteiger partial charge in [-0.25, -0.2) is 0 Å². The predicted octanol–water partition coefficient (Wildman–Crippen LogP) is 5.85. The second kappa shape index (κ2) is 7.30. The Morgan fingerprint density at radius 3 is 1.33 bits per heavy atom. The minimum absolute atomic E-state index is 1.02. The van der Waals surface area contributed by atoms with Crippen molar-refractivity contribution in [2.45, 2.75) is 85.2 Å². The Hall–Kier alpha value is 1.05. The van der Waals surface area contributed by atoms with Crippen molar-refractivity contribution >= 4 is 35.3 Å². The minimum Gasteiger partial charge on any atom is -0.157 e. The van der Waals surface area contributed by atoms with E-state index in [1.54, 1.807) is 38.5 Å². The molecule has 0 spiro atoms. The van der Waals surface area contributed by atoms with E-state index in [4.69, 9.17) is 0 Å². The molecule has 2 heterocycles. The Morgan fingerprint density at radius 1 is 0.619 bits per heavy atom. The van der Waals surface area contributed by atoms with E-state index in [2.05, 4.69) is 35.3 Å². The lowest BCUT2D eigenvalue weighted by atomic mass is 9.85. The topological polar surface area (TPSA) is 0 Å². The largest absolute Gasteiger partial charge is 0.157 e. The van der Waals surface area contributed by atoms with Gasteiger partial charge >= 0.3 is 0 Å². The van der Waals surface area contributed by atoms with Crippen LogP contribution in [0.2, 0.25) is 0 Å². The van der Waals surface area contributed by atoms with Gasteiger partial charge < -0.3 is 0 Å². The van der Waals surface area contributed by atoms with E-state index in [9.17, 15) is 0 Å². The van der Waals surface area contributed by atoms with Gasteiger partial charge in [0.25, 0.3) is 0 Å². The fourth-order valence-corrected chi connectivity index (χ4v) is 7.43. The van der Waals surface area contributed by atoms with Gasteiger partial charge in [-0.1, -0.05) is 0 Å². The molecule has 0 aromatic heterocycles. The molecule has 2 aliphatic carbocycles. The van der Waals surface area contributed by atoms with E-state index in [0.29, 0.717) is 0 Å². The van der Waals surface area contributed by atoms with E-state index < -0.39 is 0 Å². The molecule has 2 saturated heterocycles. The molecule has 0 radical (unpaired) electrons. The van der Waals surface area contributed by atoms with Crippen LogP contribution in [0.15, 0.2) is 0 Å². The molecule has 2 unspecified atom stereocenters. The van der Waals surface area contributed by atoms with Crippen LogP contribution in [0.3, 0.4) is 0 Å². The molecule has 2 atom stereocenters. The van der Waals surface area contributed by atoms with Gasteiger partial charge in [0.1, 0.15) is 0 Å². The van der Waals surface area contributed by atoms with Crippen LogP contribution in [0, 0.1) is 11.8 Å². The third kappa shape index (κ3) is 5.01. The maximum atomic E-state index is 2.40. The van der Waals surface area contributed by atoms with Gasteiger partial charge in [0, 0.05) is 32.5 Å². The van der Waals surface area contributed by atoms with Gasteiger partial charge in [-0.3, -0.25) is 0 Å². The Balaban J connectivity index is 1.12. The predicted molar refractivity (Wildman–Crippen MR) is 101 cm³/mol. The highest BCUT2D eigenvalue weighted by molar-refractivity contribution is 8.07. The van der Waals surface area contributed by atoms with E-state index in [-0.39, 0.29) is 0 Å². The molecule has 0 nitrogen and oxygen atoms in total. The first-order chi connectivity index (χ1) is 10.3. The highest BCUT2D eigenvalue weighted by Gasteiger charge is 2.32. The summed E-state index contributed by atoms with van der Waals surface area (Å²) in [5, 5.41) is 4.18. The number of rotatable bonds is 6. The minimum atomic E-state index is 1.02.